The van der Waals surface area contributed by atoms with E-state index in [-0.39, 0.29) is 0 Å². The third kappa shape index (κ3) is 4.78. The molecule has 0 saturated heterocycles. The molecule has 1 N–H and O–H groups in total. The van der Waals surface area contributed by atoms with Crippen LogP contribution < -0.4 is 5.32 Å². The van der Waals surface area contributed by atoms with Crippen LogP contribution in [0.25, 0.3) is 0 Å². The Balaban J connectivity index is 1.87. The Bertz CT molecular complexity index is 541. The van der Waals surface area contributed by atoms with Crippen molar-refractivity contribution in [2.75, 3.05) is 18.9 Å². The Kier molecular flexibility index (Phi) is 5.83. The second-order valence-electron chi connectivity index (χ2n) is 4.86. The molecule has 20 heavy (non-hydrogen) atoms. The van der Waals surface area contributed by atoms with Crippen molar-refractivity contribution in [3.05, 3.63) is 45.9 Å². The first-order valence-electron chi connectivity index (χ1n) is 6.79. The van der Waals surface area contributed by atoms with Crippen molar-refractivity contribution in [2.24, 2.45) is 0 Å². The summed E-state index contributed by atoms with van der Waals surface area (Å²) in [5.41, 5.74) is 1.23. The summed E-state index contributed by atoms with van der Waals surface area (Å²) in [5.74, 6) is 0. The molecule has 0 bridgehead atoms. The summed E-state index contributed by atoms with van der Waals surface area (Å²) in [4.78, 5) is 7.93. The Morgan fingerprint density at radius 1 is 1.35 bits per heavy atom. The summed E-state index contributed by atoms with van der Waals surface area (Å²) in [6.07, 6.45) is 3.07. The smallest absolute Gasteiger partial charge is 0.182 e. The maximum absolute atomic E-state index is 6.01. The van der Waals surface area contributed by atoms with Gasteiger partial charge in [0.15, 0.2) is 5.13 Å². The van der Waals surface area contributed by atoms with Crippen LogP contribution in [0.5, 0.6) is 0 Å². The number of nitrogens with zero attached hydrogens (tertiary/aromatic N) is 2. The van der Waals surface area contributed by atoms with Gasteiger partial charge in [-0.3, -0.25) is 4.90 Å². The Hall–Kier alpha value is -1.10. The summed E-state index contributed by atoms with van der Waals surface area (Å²) < 4.78 is 0. The van der Waals surface area contributed by atoms with Gasteiger partial charge in [-0.25, -0.2) is 4.98 Å². The van der Waals surface area contributed by atoms with E-state index in [1.165, 1.54) is 10.4 Å². The van der Waals surface area contributed by atoms with Crippen LogP contribution in [0.4, 0.5) is 5.13 Å². The zero-order valence-corrected chi connectivity index (χ0v) is 13.5. The van der Waals surface area contributed by atoms with Crippen molar-refractivity contribution < 1.29 is 0 Å². The minimum absolute atomic E-state index is 0.791. The van der Waals surface area contributed by atoms with Gasteiger partial charge in [0, 0.05) is 35.7 Å². The van der Waals surface area contributed by atoms with Crippen LogP contribution in [0, 0.1) is 0 Å². The fraction of sp³-hybridized carbons (Fsp3) is 0.400. The Labute approximate surface area is 129 Å². The lowest BCUT2D eigenvalue weighted by molar-refractivity contribution is 0.322. The van der Waals surface area contributed by atoms with Crippen LogP contribution in [0.3, 0.4) is 0 Å². The van der Waals surface area contributed by atoms with Gasteiger partial charge in [-0.05, 0) is 31.2 Å². The molecule has 5 heteroatoms. The number of benzene rings is 1. The van der Waals surface area contributed by atoms with Crippen LogP contribution in [0.2, 0.25) is 5.02 Å². The topological polar surface area (TPSA) is 28.2 Å². The second-order valence-corrected chi connectivity index (χ2v) is 6.41. The van der Waals surface area contributed by atoms with Crippen LogP contribution in [0.15, 0.2) is 30.5 Å². The lowest BCUT2D eigenvalue weighted by Gasteiger charge is -2.15. The average molecular weight is 310 g/mol. The molecule has 0 radical (unpaired) electrons. The highest BCUT2D eigenvalue weighted by Gasteiger charge is 2.06. The number of hydrogen-bond donors (Lipinski definition) is 1. The van der Waals surface area contributed by atoms with Crippen molar-refractivity contribution in [1.29, 1.82) is 0 Å². The first kappa shape index (κ1) is 15.3. The minimum atomic E-state index is 0.791. The van der Waals surface area contributed by atoms with Crippen molar-refractivity contribution in [3.8, 4) is 0 Å². The molecular formula is C15H20ClN3S. The van der Waals surface area contributed by atoms with E-state index >= 15 is 0 Å². The first-order chi connectivity index (χ1) is 9.67. The molecule has 1 aromatic heterocycles. The average Bonchev–Trinajstić information content (AvgIpc) is 2.83. The molecule has 0 unspecified atom stereocenters. The van der Waals surface area contributed by atoms with Gasteiger partial charge in [0.05, 0.1) is 0 Å². The summed E-state index contributed by atoms with van der Waals surface area (Å²) in [5, 5.41) is 5.12. The fourth-order valence-corrected chi connectivity index (χ4v) is 3.09. The van der Waals surface area contributed by atoms with Gasteiger partial charge < -0.3 is 5.32 Å². The zero-order chi connectivity index (χ0) is 14.4. The molecule has 2 aromatic rings. The van der Waals surface area contributed by atoms with Gasteiger partial charge in [0.1, 0.15) is 0 Å². The summed E-state index contributed by atoms with van der Waals surface area (Å²) in [7, 11) is 2.11. The predicted molar refractivity (Wildman–Crippen MR) is 87.5 cm³/mol. The highest BCUT2D eigenvalue weighted by atomic mass is 35.5. The summed E-state index contributed by atoms with van der Waals surface area (Å²) in [6.45, 7) is 4.92. The van der Waals surface area contributed by atoms with Gasteiger partial charge in [0.25, 0.3) is 0 Å². The molecule has 3 nitrogen and oxygen atoms in total. The third-order valence-electron chi connectivity index (χ3n) is 2.85. The van der Waals surface area contributed by atoms with E-state index in [4.69, 9.17) is 11.6 Å². The molecule has 0 fully saturated rings. The standard InChI is InChI=1S/C15H20ClN3S/c1-3-7-17-15-18-9-14(20-15)11-19(2)10-12-5-4-6-13(16)8-12/h4-6,8-9H,3,7,10-11H2,1-2H3,(H,17,18). The number of aromatic nitrogens is 1. The van der Waals surface area contributed by atoms with Crippen LogP contribution >= 0.6 is 22.9 Å². The van der Waals surface area contributed by atoms with Crippen LogP contribution in [0.1, 0.15) is 23.8 Å². The lowest BCUT2D eigenvalue weighted by Crippen LogP contribution is -2.16. The molecule has 1 aromatic carbocycles. The predicted octanol–water partition coefficient (Wildman–Crippen LogP) is 4.25. The van der Waals surface area contributed by atoms with Gasteiger partial charge in [-0.15, -0.1) is 11.3 Å². The zero-order valence-electron chi connectivity index (χ0n) is 11.9. The van der Waals surface area contributed by atoms with E-state index < -0.39 is 0 Å². The molecule has 1 heterocycles. The monoisotopic (exact) mass is 309 g/mol. The molecule has 0 atom stereocenters. The second kappa shape index (κ2) is 7.62. The van der Waals surface area contributed by atoms with E-state index in [1.807, 2.05) is 24.4 Å². The van der Waals surface area contributed by atoms with E-state index in [9.17, 15) is 0 Å². The van der Waals surface area contributed by atoms with Crippen molar-refractivity contribution in [3.63, 3.8) is 0 Å². The third-order valence-corrected chi connectivity index (χ3v) is 4.02. The molecule has 0 aliphatic carbocycles. The molecule has 0 aliphatic heterocycles. The van der Waals surface area contributed by atoms with Crippen molar-refractivity contribution in [2.45, 2.75) is 26.4 Å². The van der Waals surface area contributed by atoms with Gasteiger partial charge in [0.2, 0.25) is 0 Å². The highest BCUT2D eigenvalue weighted by molar-refractivity contribution is 7.15. The van der Waals surface area contributed by atoms with Gasteiger partial charge >= 0.3 is 0 Å². The summed E-state index contributed by atoms with van der Waals surface area (Å²) >= 11 is 7.73. The van der Waals surface area contributed by atoms with E-state index in [2.05, 4.69) is 35.2 Å². The summed E-state index contributed by atoms with van der Waals surface area (Å²) in [6, 6.07) is 8.01. The van der Waals surface area contributed by atoms with E-state index in [1.54, 1.807) is 11.3 Å². The van der Waals surface area contributed by atoms with Gasteiger partial charge in [-0.2, -0.15) is 0 Å². The maximum atomic E-state index is 6.01. The molecule has 0 saturated carbocycles. The lowest BCUT2D eigenvalue weighted by atomic mass is 10.2. The minimum Gasteiger partial charge on any atom is -0.362 e. The number of rotatable bonds is 7. The fourth-order valence-electron chi connectivity index (χ4n) is 1.96. The maximum Gasteiger partial charge on any atom is 0.182 e. The molecule has 0 amide bonds. The van der Waals surface area contributed by atoms with E-state index in [0.717, 1.165) is 36.2 Å². The molecule has 0 spiro atoms. The largest absolute Gasteiger partial charge is 0.362 e. The van der Waals surface area contributed by atoms with Crippen LogP contribution in [-0.2, 0) is 13.1 Å². The Morgan fingerprint density at radius 2 is 2.20 bits per heavy atom. The van der Waals surface area contributed by atoms with Crippen LogP contribution in [-0.4, -0.2) is 23.5 Å². The SMILES string of the molecule is CCCNc1ncc(CN(C)Cc2cccc(Cl)c2)s1. The van der Waals surface area contributed by atoms with E-state index in [0.29, 0.717) is 0 Å². The highest BCUT2D eigenvalue weighted by Crippen LogP contribution is 2.20. The number of halogens is 1. The number of nitrogens with one attached hydrogen (secondary N) is 1. The normalized spacial score (nSPS) is 11.0. The molecular weight excluding hydrogens is 290 g/mol. The molecule has 0 aliphatic rings. The number of anilines is 1. The number of thiazole rings is 1. The van der Waals surface area contributed by atoms with Gasteiger partial charge in [-0.1, -0.05) is 30.7 Å². The Morgan fingerprint density at radius 3 is 2.95 bits per heavy atom. The number of hydrogen-bond acceptors (Lipinski definition) is 4. The first-order valence-corrected chi connectivity index (χ1v) is 7.98. The van der Waals surface area contributed by atoms with Crippen molar-refractivity contribution >= 4 is 28.1 Å². The molecule has 108 valence electrons. The quantitative estimate of drug-likeness (QED) is 0.828. The van der Waals surface area contributed by atoms with Crippen molar-refractivity contribution in [1.82, 2.24) is 9.88 Å². The molecule has 2 rings (SSSR count).